The van der Waals surface area contributed by atoms with Crippen LogP contribution in [0.25, 0.3) is 11.3 Å². The third-order valence-electron chi connectivity index (χ3n) is 2.85. The van der Waals surface area contributed by atoms with Crippen molar-refractivity contribution >= 4 is 24.0 Å². The molecule has 0 aliphatic carbocycles. The van der Waals surface area contributed by atoms with Crippen LogP contribution in [0.3, 0.4) is 0 Å². The summed E-state index contributed by atoms with van der Waals surface area (Å²) >= 11 is 7.25. The zero-order chi connectivity index (χ0) is 13.7. The van der Waals surface area contributed by atoms with Crippen LogP contribution in [-0.4, -0.2) is 15.7 Å². The maximum atomic E-state index is 5.37. The highest BCUT2D eigenvalue weighted by molar-refractivity contribution is 7.98. The SMILES string of the molecule is CCCSCc1nc(=S)c(C)c(-c2ccccc2)[nH]1. The van der Waals surface area contributed by atoms with E-state index in [0.717, 1.165) is 34.2 Å². The van der Waals surface area contributed by atoms with Gasteiger partial charge in [-0.25, -0.2) is 4.98 Å². The van der Waals surface area contributed by atoms with Crippen molar-refractivity contribution in [1.29, 1.82) is 0 Å². The summed E-state index contributed by atoms with van der Waals surface area (Å²) < 4.78 is 0.699. The van der Waals surface area contributed by atoms with E-state index in [2.05, 4.69) is 29.0 Å². The van der Waals surface area contributed by atoms with E-state index in [1.165, 1.54) is 6.42 Å². The number of aromatic nitrogens is 2. The van der Waals surface area contributed by atoms with Crippen LogP contribution in [0.15, 0.2) is 30.3 Å². The van der Waals surface area contributed by atoms with Crippen LogP contribution in [0.4, 0.5) is 0 Å². The summed E-state index contributed by atoms with van der Waals surface area (Å²) in [5, 5.41) is 0. The van der Waals surface area contributed by atoms with Crippen LogP contribution in [-0.2, 0) is 5.75 Å². The van der Waals surface area contributed by atoms with Crippen molar-refractivity contribution in [2.75, 3.05) is 5.75 Å². The molecular weight excluding hydrogens is 272 g/mol. The molecule has 1 N–H and O–H groups in total. The third kappa shape index (κ3) is 3.67. The highest BCUT2D eigenvalue weighted by atomic mass is 32.2. The molecule has 0 atom stereocenters. The molecule has 1 aromatic carbocycles. The van der Waals surface area contributed by atoms with Crippen LogP contribution in [0.1, 0.15) is 24.7 Å². The summed E-state index contributed by atoms with van der Waals surface area (Å²) in [7, 11) is 0. The molecule has 0 aliphatic heterocycles. The minimum Gasteiger partial charge on any atom is -0.342 e. The molecule has 0 saturated heterocycles. The van der Waals surface area contributed by atoms with Gasteiger partial charge in [-0.15, -0.1) is 0 Å². The first kappa shape index (κ1) is 14.3. The molecule has 0 bridgehead atoms. The summed E-state index contributed by atoms with van der Waals surface area (Å²) in [5.74, 6) is 3.00. The van der Waals surface area contributed by atoms with E-state index in [4.69, 9.17) is 12.2 Å². The van der Waals surface area contributed by atoms with Gasteiger partial charge in [-0.1, -0.05) is 49.5 Å². The van der Waals surface area contributed by atoms with Gasteiger partial charge in [0.05, 0.1) is 11.4 Å². The zero-order valence-corrected chi connectivity index (χ0v) is 12.9. The van der Waals surface area contributed by atoms with Crippen molar-refractivity contribution in [3.05, 3.63) is 46.4 Å². The lowest BCUT2D eigenvalue weighted by atomic mass is 10.1. The monoisotopic (exact) mass is 290 g/mol. The van der Waals surface area contributed by atoms with Gasteiger partial charge >= 0.3 is 0 Å². The molecule has 100 valence electrons. The Kier molecular flexibility index (Phi) is 5.16. The van der Waals surface area contributed by atoms with Crippen LogP contribution < -0.4 is 0 Å². The Balaban J connectivity index is 2.35. The first-order valence-electron chi connectivity index (χ1n) is 6.45. The molecule has 19 heavy (non-hydrogen) atoms. The second kappa shape index (κ2) is 6.87. The molecule has 0 unspecified atom stereocenters. The Labute approximate surface area is 123 Å². The van der Waals surface area contributed by atoms with Crippen molar-refractivity contribution in [3.8, 4) is 11.3 Å². The minimum absolute atomic E-state index is 0.699. The largest absolute Gasteiger partial charge is 0.342 e. The molecule has 0 radical (unpaired) electrons. The normalized spacial score (nSPS) is 10.6. The van der Waals surface area contributed by atoms with Crippen LogP contribution in [0.2, 0.25) is 0 Å². The Morgan fingerprint density at radius 2 is 2.00 bits per heavy atom. The van der Waals surface area contributed by atoms with Crippen molar-refractivity contribution < 1.29 is 0 Å². The fourth-order valence-electron chi connectivity index (χ4n) is 1.85. The molecule has 1 heterocycles. The quantitative estimate of drug-likeness (QED) is 0.636. The van der Waals surface area contributed by atoms with Crippen LogP contribution in [0.5, 0.6) is 0 Å². The van der Waals surface area contributed by atoms with E-state index in [1.54, 1.807) is 0 Å². The van der Waals surface area contributed by atoms with Gasteiger partial charge in [0.1, 0.15) is 10.5 Å². The molecule has 4 heteroatoms. The number of nitrogens with one attached hydrogen (secondary N) is 1. The first-order valence-corrected chi connectivity index (χ1v) is 8.01. The smallest absolute Gasteiger partial charge is 0.133 e. The van der Waals surface area contributed by atoms with E-state index >= 15 is 0 Å². The van der Waals surface area contributed by atoms with E-state index < -0.39 is 0 Å². The fourth-order valence-corrected chi connectivity index (χ4v) is 2.83. The summed E-state index contributed by atoms with van der Waals surface area (Å²) in [6, 6.07) is 10.3. The van der Waals surface area contributed by atoms with Crippen molar-refractivity contribution in [2.24, 2.45) is 0 Å². The molecule has 0 fully saturated rings. The standard InChI is InChI=1S/C15H18N2S2/c1-3-9-19-10-13-16-14(11(2)15(18)17-13)12-7-5-4-6-8-12/h4-8H,3,9-10H2,1-2H3,(H,16,17,18). The minimum atomic E-state index is 0.699. The number of hydrogen-bond donors (Lipinski definition) is 1. The molecule has 0 amide bonds. The van der Waals surface area contributed by atoms with Crippen molar-refractivity contribution in [3.63, 3.8) is 0 Å². The highest BCUT2D eigenvalue weighted by Crippen LogP contribution is 2.22. The molecule has 2 nitrogen and oxygen atoms in total. The zero-order valence-electron chi connectivity index (χ0n) is 11.3. The highest BCUT2D eigenvalue weighted by Gasteiger charge is 2.07. The van der Waals surface area contributed by atoms with Gasteiger partial charge < -0.3 is 4.98 Å². The van der Waals surface area contributed by atoms with E-state index in [9.17, 15) is 0 Å². The number of hydrogen-bond acceptors (Lipinski definition) is 3. The van der Waals surface area contributed by atoms with Gasteiger partial charge in [0.15, 0.2) is 0 Å². The van der Waals surface area contributed by atoms with Crippen LogP contribution in [0, 0.1) is 11.6 Å². The van der Waals surface area contributed by atoms with Gasteiger partial charge in [-0.05, 0) is 24.7 Å². The van der Waals surface area contributed by atoms with Gasteiger partial charge in [0, 0.05) is 5.56 Å². The first-order chi connectivity index (χ1) is 9.22. The summed E-state index contributed by atoms with van der Waals surface area (Å²) in [6.45, 7) is 4.21. The third-order valence-corrected chi connectivity index (χ3v) is 4.42. The van der Waals surface area contributed by atoms with Crippen molar-refractivity contribution in [1.82, 2.24) is 9.97 Å². The molecule has 0 spiro atoms. The number of nitrogens with zero attached hydrogens (tertiary/aromatic N) is 1. The number of rotatable bonds is 5. The van der Waals surface area contributed by atoms with Crippen molar-refractivity contribution in [2.45, 2.75) is 26.0 Å². The maximum absolute atomic E-state index is 5.37. The average molecular weight is 290 g/mol. The summed E-state index contributed by atoms with van der Waals surface area (Å²) in [5.41, 5.74) is 3.30. The Bertz CT molecular complexity index is 591. The number of benzene rings is 1. The van der Waals surface area contributed by atoms with E-state index in [1.807, 2.05) is 36.9 Å². The summed E-state index contributed by atoms with van der Waals surface area (Å²) in [4.78, 5) is 7.90. The molecule has 2 rings (SSSR count). The van der Waals surface area contributed by atoms with Gasteiger partial charge in [0.25, 0.3) is 0 Å². The lowest BCUT2D eigenvalue weighted by Crippen LogP contribution is -1.99. The van der Waals surface area contributed by atoms with Crippen LogP contribution >= 0.6 is 24.0 Å². The van der Waals surface area contributed by atoms with Gasteiger partial charge in [0.2, 0.25) is 0 Å². The lowest BCUT2D eigenvalue weighted by Gasteiger charge is -2.09. The molecule has 0 saturated carbocycles. The predicted octanol–water partition coefficient (Wildman–Crippen LogP) is 4.76. The second-order valence-corrected chi connectivity index (χ2v) is 5.90. The lowest BCUT2D eigenvalue weighted by molar-refractivity contribution is 1.00. The molecular formula is C15H18N2S2. The molecule has 2 aromatic rings. The predicted molar refractivity (Wildman–Crippen MR) is 86.0 cm³/mol. The fraction of sp³-hybridized carbons (Fsp3) is 0.333. The Morgan fingerprint density at radius 3 is 2.68 bits per heavy atom. The number of H-pyrrole nitrogens is 1. The van der Waals surface area contributed by atoms with E-state index in [-0.39, 0.29) is 0 Å². The Hall–Kier alpha value is -1.13. The number of thioether (sulfide) groups is 1. The molecule has 1 aromatic heterocycles. The average Bonchev–Trinajstić information content (AvgIpc) is 2.44. The summed E-state index contributed by atoms with van der Waals surface area (Å²) in [6.07, 6.45) is 1.18. The maximum Gasteiger partial charge on any atom is 0.133 e. The van der Waals surface area contributed by atoms with Gasteiger partial charge in [-0.3, -0.25) is 0 Å². The topological polar surface area (TPSA) is 28.7 Å². The van der Waals surface area contributed by atoms with E-state index in [0.29, 0.717) is 4.64 Å². The second-order valence-electron chi connectivity index (χ2n) is 4.41. The Morgan fingerprint density at radius 1 is 1.26 bits per heavy atom. The van der Waals surface area contributed by atoms with Gasteiger partial charge in [-0.2, -0.15) is 11.8 Å². The molecule has 0 aliphatic rings. The number of aromatic amines is 1.